The second-order valence-corrected chi connectivity index (χ2v) is 5.79. The first-order valence-corrected chi connectivity index (χ1v) is 7.86. The van der Waals surface area contributed by atoms with E-state index in [1.807, 2.05) is 0 Å². The van der Waals surface area contributed by atoms with Gasteiger partial charge in [-0.2, -0.15) is 0 Å². The molecule has 10 nitrogen and oxygen atoms in total. The van der Waals surface area contributed by atoms with Crippen LogP contribution in [0.3, 0.4) is 0 Å². The number of nitrogens with zero attached hydrogens (tertiary/aromatic N) is 3. The topological polar surface area (TPSA) is 128 Å². The summed E-state index contributed by atoms with van der Waals surface area (Å²) in [5.41, 5.74) is 0.193. The predicted molar refractivity (Wildman–Crippen MR) is 97.7 cm³/mol. The average Bonchev–Trinajstić information content (AvgIpc) is 2.64. The molecule has 2 rings (SSSR count). The number of nitrogens with one attached hydrogen (secondary N) is 1. The number of amides is 1. The number of hydrogen-bond donors (Lipinski definition) is 1. The first-order valence-electron chi connectivity index (χ1n) is 7.86. The molecule has 0 atom stereocenters. The van der Waals surface area contributed by atoms with Gasteiger partial charge in [-0.1, -0.05) is 12.1 Å². The Balaban J connectivity index is 2.08. The van der Waals surface area contributed by atoms with E-state index in [9.17, 15) is 25.0 Å². The van der Waals surface area contributed by atoms with Crippen molar-refractivity contribution < 1.29 is 19.4 Å². The van der Waals surface area contributed by atoms with Crippen molar-refractivity contribution in [1.29, 1.82) is 0 Å². The Morgan fingerprint density at radius 3 is 2.48 bits per heavy atom. The first kappa shape index (κ1) is 19.6. The Bertz CT molecular complexity index is 868. The normalized spacial score (nSPS) is 10.1. The second kappa shape index (κ2) is 8.61. The zero-order chi connectivity index (χ0) is 20.0. The number of hydrogen-bond acceptors (Lipinski definition) is 7. The molecule has 0 saturated heterocycles. The summed E-state index contributed by atoms with van der Waals surface area (Å²) in [6.07, 6.45) is 0. The lowest BCUT2D eigenvalue weighted by Gasteiger charge is -2.12. The third kappa shape index (κ3) is 5.39. The fourth-order valence-electron chi connectivity index (χ4n) is 2.15. The van der Waals surface area contributed by atoms with Crippen molar-refractivity contribution in [3.63, 3.8) is 0 Å². The van der Waals surface area contributed by atoms with Gasteiger partial charge in [0.15, 0.2) is 6.61 Å². The van der Waals surface area contributed by atoms with Crippen molar-refractivity contribution in [2.45, 2.75) is 6.54 Å². The van der Waals surface area contributed by atoms with Gasteiger partial charge in [0, 0.05) is 26.7 Å². The summed E-state index contributed by atoms with van der Waals surface area (Å²) in [5, 5.41) is 24.8. The van der Waals surface area contributed by atoms with Crippen LogP contribution in [0.2, 0.25) is 0 Å². The third-order valence-corrected chi connectivity index (χ3v) is 3.63. The molecule has 0 spiro atoms. The maximum absolute atomic E-state index is 11.6. The minimum Gasteiger partial charge on any atom is -0.484 e. The largest absolute Gasteiger partial charge is 0.484 e. The van der Waals surface area contributed by atoms with Gasteiger partial charge in [0.05, 0.1) is 15.9 Å². The van der Waals surface area contributed by atoms with Crippen molar-refractivity contribution in [3.05, 3.63) is 68.3 Å². The zero-order valence-electron chi connectivity index (χ0n) is 14.7. The molecule has 0 radical (unpaired) electrons. The number of benzene rings is 2. The van der Waals surface area contributed by atoms with E-state index in [1.54, 1.807) is 38.4 Å². The van der Waals surface area contributed by atoms with Gasteiger partial charge in [0.1, 0.15) is 11.4 Å². The van der Waals surface area contributed by atoms with Crippen LogP contribution in [0.15, 0.2) is 42.5 Å². The lowest BCUT2D eigenvalue weighted by Crippen LogP contribution is -2.27. The average molecular weight is 374 g/mol. The van der Waals surface area contributed by atoms with Gasteiger partial charge in [-0.15, -0.1) is 0 Å². The van der Waals surface area contributed by atoms with Crippen molar-refractivity contribution >= 4 is 23.0 Å². The molecule has 1 amide bonds. The highest BCUT2D eigenvalue weighted by molar-refractivity contribution is 5.77. The summed E-state index contributed by atoms with van der Waals surface area (Å²) in [5.74, 6) is 0.308. The summed E-state index contributed by atoms with van der Waals surface area (Å²) >= 11 is 0. The molecule has 0 aromatic heterocycles. The number of nitro benzene ring substituents is 2. The minimum atomic E-state index is -0.688. The molecule has 0 aliphatic carbocycles. The van der Waals surface area contributed by atoms with Crippen LogP contribution >= 0.6 is 0 Å². The number of rotatable bonds is 8. The van der Waals surface area contributed by atoms with Crippen molar-refractivity contribution in [2.75, 3.05) is 26.0 Å². The maximum atomic E-state index is 11.6. The minimum absolute atomic E-state index is 0.0995. The van der Waals surface area contributed by atoms with Crippen molar-refractivity contribution in [1.82, 2.24) is 4.90 Å². The summed E-state index contributed by atoms with van der Waals surface area (Å²) in [7, 11) is 3.26. The van der Waals surface area contributed by atoms with Crippen LogP contribution in [0.1, 0.15) is 5.56 Å². The standard InChI is InChI=1S/C17H18N4O6/c1-19(2)17(22)11-27-14-5-3-4-12(8-14)10-18-15-7-6-13(20(23)24)9-16(15)21(25)26/h3-9,18H,10-11H2,1-2H3. The fraction of sp³-hybridized carbons (Fsp3) is 0.235. The molecule has 0 heterocycles. The van der Waals surface area contributed by atoms with E-state index in [1.165, 1.54) is 17.0 Å². The Kier molecular flexibility index (Phi) is 6.26. The van der Waals surface area contributed by atoms with Crippen LogP contribution in [-0.4, -0.2) is 41.4 Å². The molecular formula is C17H18N4O6. The van der Waals surface area contributed by atoms with Gasteiger partial charge in [0.2, 0.25) is 0 Å². The van der Waals surface area contributed by atoms with Gasteiger partial charge < -0.3 is 15.0 Å². The molecule has 2 aromatic carbocycles. The fourth-order valence-corrected chi connectivity index (χ4v) is 2.15. The summed E-state index contributed by atoms with van der Waals surface area (Å²) < 4.78 is 5.42. The molecule has 0 aliphatic heterocycles. The first-order chi connectivity index (χ1) is 12.8. The Labute approximate surface area is 154 Å². The van der Waals surface area contributed by atoms with Gasteiger partial charge >= 0.3 is 0 Å². The van der Waals surface area contributed by atoms with E-state index in [0.29, 0.717) is 5.75 Å². The molecule has 2 aromatic rings. The van der Waals surface area contributed by atoms with Crippen LogP contribution < -0.4 is 10.1 Å². The highest BCUT2D eigenvalue weighted by Gasteiger charge is 2.19. The monoisotopic (exact) mass is 374 g/mol. The van der Waals surface area contributed by atoms with E-state index in [4.69, 9.17) is 4.74 Å². The molecule has 0 unspecified atom stereocenters. The molecule has 0 bridgehead atoms. The lowest BCUT2D eigenvalue weighted by atomic mass is 10.2. The van der Waals surface area contributed by atoms with E-state index in [0.717, 1.165) is 11.6 Å². The lowest BCUT2D eigenvalue weighted by molar-refractivity contribution is -0.393. The van der Waals surface area contributed by atoms with Crippen LogP contribution in [-0.2, 0) is 11.3 Å². The molecule has 142 valence electrons. The zero-order valence-corrected chi connectivity index (χ0v) is 14.7. The smallest absolute Gasteiger partial charge is 0.299 e. The summed E-state index contributed by atoms with van der Waals surface area (Å²) in [4.78, 5) is 33.5. The molecule has 0 saturated carbocycles. The predicted octanol–water partition coefficient (Wildman–Crippen LogP) is 2.58. The molecule has 0 fully saturated rings. The molecule has 10 heteroatoms. The van der Waals surface area contributed by atoms with Crippen LogP contribution in [0.5, 0.6) is 5.75 Å². The van der Waals surface area contributed by atoms with Crippen molar-refractivity contribution in [3.8, 4) is 5.75 Å². The number of likely N-dealkylation sites (N-methyl/N-ethyl adjacent to an activating group) is 1. The number of carbonyl (C=O) groups excluding carboxylic acids is 1. The van der Waals surface area contributed by atoms with Gasteiger partial charge in [-0.25, -0.2) is 0 Å². The van der Waals surface area contributed by atoms with Gasteiger partial charge in [0.25, 0.3) is 17.3 Å². The molecular weight excluding hydrogens is 356 g/mol. The molecule has 0 aliphatic rings. The van der Waals surface area contributed by atoms with E-state index in [2.05, 4.69) is 5.32 Å². The van der Waals surface area contributed by atoms with Gasteiger partial charge in [-0.05, 0) is 23.8 Å². The van der Waals surface area contributed by atoms with Gasteiger partial charge in [-0.3, -0.25) is 25.0 Å². The Morgan fingerprint density at radius 1 is 1.11 bits per heavy atom. The SMILES string of the molecule is CN(C)C(=O)COc1cccc(CNc2ccc([N+](=O)[O-])cc2[N+](=O)[O-])c1. The van der Waals surface area contributed by atoms with E-state index >= 15 is 0 Å². The highest BCUT2D eigenvalue weighted by Crippen LogP contribution is 2.29. The number of nitro groups is 2. The number of non-ortho nitro benzene ring substituents is 1. The number of anilines is 1. The second-order valence-electron chi connectivity index (χ2n) is 5.79. The number of carbonyl (C=O) groups is 1. The summed E-state index contributed by atoms with van der Waals surface area (Å²) in [6.45, 7) is 0.134. The molecule has 27 heavy (non-hydrogen) atoms. The maximum Gasteiger partial charge on any atom is 0.299 e. The van der Waals surface area contributed by atoms with Crippen molar-refractivity contribution in [2.24, 2.45) is 0 Å². The molecule has 1 N–H and O–H groups in total. The van der Waals surface area contributed by atoms with Crippen LogP contribution in [0.4, 0.5) is 17.1 Å². The Hall–Kier alpha value is -3.69. The van der Waals surface area contributed by atoms with E-state index < -0.39 is 9.85 Å². The van der Waals surface area contributed by atoms with E-state index in [-0.39, 0.29) is 36.1 Å². The third-order valence-electron chi connectivity index (χ3n) is 3.63. The summed E-state index contributed by atoms with van der Waals surface area (Å²) in [6, 6.07) is 10.3. The highest BCUT2D eigenvalue weighted by atomic mass is 16.6. The van der Waals surface area contributed by atoms with Crippen LogP contribution in [0, 0.1) is 20.2 Å². The Morgan fingerprint density at radius 2 is 1.85 bits per heavy atom. The number of ether oxygens (including phenoxy) is 1. The van der Waals surface area contributed by atoms with Crippen LogP contribution in [0.25, 0.3) is 0 Å². The quantitative estimate of drug-likeness (QED) is 0.555.